The second-order valence-electron chi connectivity index (χ2n) is 9.36. The van der Waals surface area contributed by atoms with Crippen molar-refractivity contribution >= 4 is 17.5 Å². The first-order chi connectivity index (χ1) is 16.7. The molecule has 192 valence electrons. The molecule has 0 fully saturated rings. The summed E-state index contributed by atoms with van der Waals surface area (Å²) in [5.74, 6) is -1.38. The molecular weight excluding hydrogens is 452 g/mol. The van der Waals surface area contributed by atoms with Gasteiger partial charge in [0.1, 0.15) is 5.82 Å². The summed E-state index contributed by atoms with van der Waals surface area (Å²) in [5, 5.41) is 0. The van der Waals surface area contributed by atoms with E-state index in [0.717, 1.165) is 43.9 Å². The Morgan fingerprint density at radius 2 is 1.71 bits per heavy atom. The highest BCUT2D eigenvalue weighted by molar-refractivity contribution is 5.94. The van der Waals surface area contributed by atoms with Gasteiger partial charge in [-0.15, -0.1) is 0 Å². The number of nitrogens with zero attached hydrogens (tertiary/aromatic N) is 5. The van der Waals surface area contributed by atoms with Gasteiger partial charge >= 0.3 is 0 Å². The third-order valence-electron chi connectivity index (χ3n) is 6.65. The lowest BCUT2D eigenvalue weighted by molar-refractivity contribution is -0.132. The smallest absolute Gasteiger partial charge is 0.226 e. The van der Waals surface area contributed by atoms with Gasteiger partial charge in [0.05, 0.1) is 5.69 Å². The van der Waals surface area contributed by atoms with E-state index in [-0.39, 0.29) is 31.2 Å². The van der Waals surface area contributed by atoms with Crippen LogP contribution in [0.1, 0.15) is 57.8 Å². The van der Waals surface area contributed by atoms with E-state index >= 15 is 0 Å². The number of benzene rings is 1. The topological polar surface area (TPSA) is 61.7 Å². The summed E-state index contributed by atoms with van der Waals surface area (Å²) in [6.45, 7) is 11.0. The van der Waals surface area contributed by atoms with E-state index in [4.69, 9.17) is 0 Å². The number of amides is 2. The number of aromatic nitrogens is 2. The maximum absolute atomic E-state index is 14.3. The zero-order valence-electron chi connectivity index (χ0n) is 21.3. The lowest BCUT2D eigenvalue weighted by Crippen LogP contribution is -2.40. The molecular formula is C26H37F2N5O2. The number of rotatable bonds is 5. The van der Waals surface area contributed by atoms with Crippen LogP contribution in [0, 0.1) is 18.6 Å². The van der Waals surface area contributed by atoms with Crippen LogP contribution in [0.15, 0.2) is 24.5 Å². The molecule has 35 heavy (non-hydrogen) atoms. The van der Waals surface area contributed by atoms with Crippen molar-refractivity contribution in [1.29, 1.82) is 0 Å². The number of carbonyl (C=O) groups is 2. The molecule has 0 atom stereocenters. The molecule has 0 radical (unpaired) electrons. The summed E-state index contributed by atoms with van der Waals surface area (Å²) in [5.41, 5.74) is 0.787. The van der Waals surface area contributed by atoms with Crippen LogP contribution in [0.2, 0.25) is 0 Å². The molecule has 2 heterocycles. The molecule has 0 N–H and O–H groups in total. The second-order valence-corrected chi connectivity index (χ2v) is 9.36. The molecule has 0 bridgehead atoms. The summed E-state index contributed by atoms with van der Waals surface area (Å²) in [7, 11) is 0. The Kier molecular flexibility index (Phi) is 9.37. The predicted molar refractivity (Wildman–Crippen MR) is 132 cm³/mol. The van der Waals surface area contributed by atoms with E-state index in [1.54, 1.807) is 22.9 Å². The van der Waals surface area contributed by atoms with E-state index in [1.165, 1.54) is 0 Å². The van der Waals surface area contributed by atoms with Gasteiger partial charge in [-0.05, 0) is 45.2 Å². The summed E-state index contributed by atoms with van der Waals surface area (Å²) in [4.78, 5) is 35.9. The minimum atomic E-state index is -0.998. The summed E-state index contributed by atoms with van der Waals surface area (Å²) in [6, 6.07) is 2.55. The Bertz CT molecular complexity index is 1020. The van der Waals surface area contributed by atoms with Crippen LogP contribution >= 0.6 is 0 Å². The van der Waals surface area contributed by atoms with Crippen molar-refractivity contribution < 1.29 is 18.4 Å². The standard InChI is InChI=1S/C26H37F2N5O2/c1-5-25(34)33-13-7-11-30(19(2)3)10-6-12-32(18-21-16-22(27)23(28)17-24(21)33)26(35)8-14-31-15-9-29-20(31)4/h9,15-17,19H,5-8,10-14,18H2,1-4H3. The van der Waals surface area contributed by atoms with Crippen LogP contribution in [-0.4, -0.2) is 63.4 Å². The Morgan fingerprint density at radius 3 is 2.34 bits per heavy atom. The van der Waals surface area contributed by atoms with Crippen molar-refractivity contribution in [3.8, 4) is 0 Å². The largest absolute Gasteiger partial charge is 0.338 e. The normalized spacial score (nSPS) is 16.1. The molecule has 3 rings (SSSR count). The van der Waals surface area contributed by atoms with Gasteiger partial charge in [0.25, 0.3) is 0 Å². The van der Waals surface area contributed by atoms with Crippen molar-refractivity contribution in [1.82, 2.24) is 19.4 Å². The number of hydrogen-bond acceptors (Lipinski definition) is 4. The van der Waals surface area contributed by atoms with Crippen molar-refractivity contribution in [3.63, 3.8) is 0 Å². The molecule has 1 aromatic carbocycles. The number of hydrogen-bond donors (Lipinski definition) is 0. The number of anilines is 1. The van der Waals surface area contributed by atoms with E-state index in [1.807, 2.05) is 17.7 Å². The number of fused-ring (bicyclic) bond motifs is 1. The number of aryl methyl sites for hydroxylation is 2. The lowest BCUT2D eigenvalue weighted by Gasteiger charge is -2.33. The SMILES string of the molecule is CCC(=O)N1CCCN(C(C)C)CCCN(C(=O)CCn2ccnc2C)Cc2cc(F)c(F)cc21. The van der Waals surface area contributed by atoms with Gasteiger partial charge < -0.3 is 19.3 Å². The molecule has 0 unspecified atom stereocenters. The fourth-order valence-corrected chi connectivity index (χ4v) is 4.56. The van der Waals surface area contributed by atoms with Gasteiger partial charge in [-0.1, -0.05) is 6.92 Å². The quantitative estimate of drug-likeness (QED) is 0.634. The molecule has 0 aliphatic carbocycles. The van der Waals surface area contributed by atoms with Crippen molar-refractivity contribution in [2.45, 2.75) is 72.5 Å². The van der Waals surface area contributed by atoms with Crippen LogP contribution in [0.5, 0.6) is 0 Å². The number of imidazole rings is 1. The first-order valence-electron chi connectivity index (χ1n) is 12.5. The van der Waals surface area contributed by atoms with Crippen molar-refractivity contribution in [3.05, 3.63) is 47.5 Å². The zero-order valence-corrected chi connectivity index (χ0v) is 21.3. The van der Waals surface area contributed by atoms with Gasteiger partial charge in [-0.25, -0.2) is 13.8 Å². The predicted octanol–water partition coefficient (Wildman–Crippen LogP) is 4.14. The Morgan fingerprint density at radius 1 is 1.03 bits per heavy atom. The minimum absolute atomic E-state index is 0.0738. The summed E-state index contributed by atoms with van der Waals surface area (Å²) in [6.07, 6.45) is 5.53. The van der Waals surface area contributed by atoms with Crippen LogP contribution in [0.25, 0.3) is 0 Å². The first-order valence-corrected chi connectivity index (χ1v) is 12.5. The fraction of sp³-hybridized carbons (Fsp3) is 0.577. The van der Waals surface area contributed by atoms with Crippen LogP contribution in [0.3, 0.4) is 0 Å². The maximum atomic E-state index is 14.3. The number of halogens is 2. The number of carbonyl (C=O) groups excluding carboxylic acids is 2. The molecule has 7 nitrogen and oxygen atoms in total. The van der Waals surface area contributed by atoms with E-state index in [2.05, 4.69) is 23.7 Å². The lowest BCUT2D eigenvalue weighted by atomic mass is 10.1. The Hall–Kier alpha value is -2.81. The van der Waals surface area contributed by atoms with Crippen LogP contribution < -0.4 is 4.90 Å². The minimum Gasteiger partial charge on any atom is -0.338 e. The molecule has 0 saturated carbocycles. The summed E-state index contributed by atoms with van der Waals surface area (Å²) >= 11 is 0. The maximum Gasteiger partial charge on any atom is 0.226 e. The van der Waals surface area contributed by atoms with Gasteiger partial charge in [-0.2, -0.15) is 0 Å². The van der Waals surface area contributed by atoms with Crippen molar-refractivity contribution in [2.75, 3.05) is 31.1 Å². The average molecular weight is 490 g/mol. The third-order valence-corrected chi connectivity index (χ3v) is 6.65. The molecule has 9 heteroatoms. The van der Waals surface area contributed by atoms with Gasteiger partial charge in [-0.3, -0.25) is 9.59 Å². The monoisotopic (exact) mass is 489 g/mol. The highest BCUT2D eigenvalue weighted by atomic mass is 19.2. The van der Waals surface area contributed by atoms with Crippen molar-refractivity contribution in [2.24, 2.45) is 0 Å². The molecule has 0 spiro atoms. The third kappa shape index (κ3) is 6.87. The highest BCUT2D eigenvalue weighted by Crippen LogP contribution is 2.27. The average Bonchev–Trinajstić information content (AvgIpc) is 3.23. The first kappa shape index (κ1) is 26.8. The van der Waals surface area contributed by atoms with E-state index in [9.17, 15) is 18.4 Å². The molecule has 1 aromatic heterocycles. The van der Waals surface area contributed by atoms with Gasteiger partial charge in [0.2, 0.25) is 11.8 Å². The Balaban J connectivity index is 1.94. The molecule has 2 aromatic rings. The molecule has 0 saturated heterocycles. The van der Waals surface area contributed by atoms with Gasteiger partial charge in [0, 0.05) is 76.6 Å². The molecule has 2 amide bonds. The Labute approximate surface area is 206 Å². The van der Waals surface area contributed by atoms with E-state index in [0.29, 0.717) is 36.9 Å². The van der Waals surface area contributed by atoms with E-state index < -0.39 is 11.6 Å². The highest BCUT2D eigenvalue weighted by Gasteiger charge is 2.24. The molecule has 1 aliphatic heterocycles. The second kappa shape index (κ2) is 12.2. The van der Waals surface area contributed by atoms with Crippen LogP contribution in [0.4, 0.5) is 14.5 Å². The zero-order chi connectivity index (χ0) is 25.5. The van der Waals surface area contributed by atoms with Crippen LogP contribution in [-0.2, 0) is 22.7 Å². The fourth-order valence-electron chi connectivity index (χ4n) is 4.56. The molecule has 1 aliphatic rings. The van der Waals surface area contributed by atoms with Gasteiger partial charge in [0.15, 0.2) is 11.6 Å². The summed E-state index contributed by atoms with van der Waals surface area (Å²) < 4.78 is 30.6.